The quantitative estimate of drug-likeness (QED) is 0.917. The number of benzene rings is 1. The molecule has 0 radical (unpaired) electrons. The van der Waals surface area contributed by atoms with Crippen LogP contribution in [-0.4, -0.2) is 31.1 Å². The molecule has 1 fully saturated rings. The van der Waals surface area contributed by atoms with Gasteiger partial charge in [0.2, 0.25) is 0 Å². The maximum Gasteiger partial charge on any atom is 0.0245 e. The summed E-state index contributed by atoms with van der Waals surface area (Å²) < 4.78 is 1.21. The zero-order valence-electron chi connectivity index (χ0n) is 9.75. The summed E-state index contributed by atoms with van der Waals surface area (Å²) in [7, 11) is 2.22. The summed E-state index contributed by atoms with van der Waals surface area (Å²) in [6, 6.07) is 9.16. The Morgan fingerprint density at radius 3 is 2.94 bits per heavy atom. The predicted octanol–water partition coefficient (Wildman–Crippen LogP) is 2.63. The second kappa shape index (κ2) is 5.80. The molecule has 0 spiro atoms. The smallest absolute Gasteiger partial charge is 0.0245 e. The van der Waals surface area contributed by atoms with Crippen LogP contribution in [0.2, 0.25) is 0 Å². The molecule has 0 amide bonds. The molecular weight excluding hydrogens is 264 g/mol. The fraction of sp³-hybridized carbons (Fsp3) is 0.538. The molecule has 1 heterocycles. The zero-order chi connectivity index (χ0) is 11.4. The third kappa shape index (κ3) is 3.06. The van der Waals surface area contributed by atoms with Crippen LogP contribution in [0.5, 0.6) is 0 Å². The summed E-state index contributed by atoms with van der Waals surface area (Å²) in [5.41, 5.74) is 1.37. The first kappa shape index (κ1) is 12.1. The number of rotatable bonds is 3. The molecular formula is C13H19BrN2. The van der Waals surface area contributed by atoms with E-state index in [0.717, 1.165) is 13.1 Å². The van der Waals surface area contributed by atoms with Crippen molar-refractivity contribution in [2.45, 2.75) is 25.4 Å². The molecule has 1 atom stereocenters. The number of nitrogens with zero attached hydrogens (tertiary/aromatic N) is 1. The van der Waals surface area contributed by atoms with Gasteiger partial charge in [0.25, 0.3) is 0 Å². The number of hydrogen-bond acceptors (Lipinski definition) is 2. The molecule has 1 unspecified atom stereocenters. The van der Waals surface area contributed by atoms with Crippen molar-refractivity contribution >= 4 is 15.9 Å². The van der Waals surface area contributed by atoms with Gasteiger partial charge in [-0.25, -0.2) is 0 Å². The molecule has 0 aromatic heterocycles. The molecule has 88 valence electrons. The van der Waals surface area contributed by atoms with E-state index >= 15 is 0 Å². The third-order valence-corrected chi connectivity index (χ3v) is 4.05. The first-order chi connectivity index (χ1) is 7.77. The molecule has 1 aliphatic heterocycles. The topological polar surface area (TPSA) is 15.3 Å². The van der Waals surface area contributed by atoms with Crippen molar-refractivity contribution in [2.75, 3.05) is 20.1 Å². The maximum atomic E-state index is 3.61. The number of halogens is 1. The molecule has 16 heavy (non-hydrogen) atoms. The van der Waals surface area contributed by atoms with Crippen molar-refractivity contribution in [3.8, 4) is 0 Å². The lowest BCUT2D eigenvalue weighted by atomic mass is 10.1. The maximum absolute atomic E-state index is 3.61. The van der Waals surface area contributed by atoms with Gasteiger partial charge in [-0.1, -0.05) is 34.1 Å². The third-order valence-electron chi connectivity index (χ3n) is 3.27. The fourth-order valence-corrected chi connectivity index (χ4v) is 2.64. The highest BCUT2D eigenvalue weighted by Gasteiger charge is 2.17. The van der Waals surface area contributed by atoms with Crippen LogP contribution in [-0.2, 0) is 6.54 Å². The first-order valence-corrected chi connectivity index (χ1v) is 6.71. The van der Waals surface area contributed by atoms with E-state index in [4.69, 9.17) is 0 Å². The molecule has 0 aliphatic carbocycles. The van der Waals surface area contributed by atoms with Gasteiger partial charge in [-0.3, -0.25) is 4.90 Å². The Hall–Kier alpha value is -0.380. The zero-order valence-corrected chi connectivity index (χ0v) is 11.3. The Bertz CT molecular complexity index is 334. The minimum atomic E-state index is 0.681. The van der Waals surface area contributed by atoms with Gasteiger partial charge in [-0.05, 0) is 38.1 Å². The van der Waals surface area contributed by atoms with Crippen LogP contribution >= 0.6 is 15.9 Å². The highest BCUT2D eigenvalue weighted by atomic mass is 79.9. The van der Waals surface area contributed by atoms with E-state index in [0.29, 0.717) is 6.04 Å². The van der Waals surface area contributed by atoms with Crippen molar-refractivity contribution in [3.63, 3.8) is 0 Å². The first-order valence-electron chi connectivity index (χ1n) is 5.92. The van der Waals surface area contributed by atoms with E-state index < -0.39 is 0 Å². The number of nitrogens with one attached hydrogen (secondary N) is 1. The van der Waals surface area contributed by atoms with E-state index in [1.165, 1.54) is 29.4 Å². The van der Waals surface area contributed by atoms with Gasteiger partial charge in [0.1, 0.15) is 0 Å². The summed E-state index contributed by atoms with van der Waals surface area (Å²) >= 11 is 3.61. The average Bonchev–Trinajstić information content (AvgIpc) is 2.33. The molecule has 3 heteroatoms. The minimum Gasteiger partial charge on any atom is -0.315 e. The summed E-state index contributed by atoms with van der Waals surface area (Å²) in [5, 5.41) is 3.46. The van der Waals surface area contributed by atoms with Crippen LogP contribution in [0.1, 0.15) is 18.4 Å². The second-order valence-electron chi connectivity index (χ2n) is 4.51. The van der Waals surface area contributed by atoms with Gasteiger partial charge < -0.3 is 5.32 Å². The lowest BCUT2D eigenvalue weighted by Crippen LogP contribution is -2.43. The van der Waals surface area contributed by atoms with Gasteiger partial charge in [-0.2, -0.15) is 0 Å². The summed E-state index contributed by atoms with van der Waals surface area (Å²) in [4.78, 5) is 2.45. The standard InChI is InChI=1S/C13H19BrN2/c1-16(12-6-4-8-15-9-12)10-11-5-2-3-7-13(11)14/h2-3,5,7,12,15H,4,6,8-10H2,1H3. The van der Waals surface area contributed by atoms with Crippen molar-refractivity contribution in [1.82, 2.24) is 10.2 Å². The summed E-state index contributed by atoms with van der Waals surface area (Å²) in [6.07, 6.45) is 2.61. The molecule has 2 rings (SSSR count). The Morgan fingerprint density at radius 2 is 2.25 bits per heavy atom. The predicted molar refractivity (Wildman–Crippen MR) is 71.5 cm³/mol. The van der Waals surface area contributed by atoms with Gasteiger partial charge >= 0.3 is 0 Å². The average molecular weight is 283 g/mol. The molecule has 2 nitrogen and oxygen atoms in total. The van der Waals surface area contributed by atoms with Crippen LogP contribution in [0, 0.1) is 0 Å². The molecule has 1 N–H and O–H groups in total. The molecule has 0 bridgehead atoms. The van der Waals surface area contributed by atoms with E-state index in [1.807, 2.05) is 0 Å². The largest absolute Gasteiger partial charge is 0.315 e. The van der Waals surface area contributed by atoms with E-state index in [-0.39, 0.29) is 0 Å². The van der Waals surface area contributed by atoms with Crippen LogP contribution in [0.15, 0.2) is 28.7 Å². The molecule has 1 aromatic carbocycles. The van der Waals surface area contributed by atoms with E-state index in [9.17, 15) is 0 Å². The van der Waals surface area contributed by atoms with Gasteiger partial charge in [0, 0.05) is 23.6 Å². The van der Waals surface area contributed by atoms with Gasteiger partial charge in [0.05, 0.1) is 0 Å². The van der Waals surface area contributed by atoms with Crippen molar-refractivity contribution in [1.29, 1.82) is 0 Å². The Morgan fingerprint density at radius 1 is 1.44 bits per heavy atom. The molecule has 1 aliphatic rings. The molecule has 1 aromatic rings. The number of likely N-dealkylation sites (N-methyl/N-ethyl adjacent to an activating group) is 1. The highest BCUT2D eigenvalue weighted by molar-refractivity contribution is 9.10. The summed E-state index contributed by atoms with van der Waals surface area (Å²) in [6.45, 7) is 3.33. The van der Waals surface area contributed by atoms with Gasteiger partial charge in [-0.15, -0.1) is 0 Å². The number of piperidine rings is 1. The fourth-order valence-electron chi connectivity index (χ4n) is 2.23. The van der Waals surface area contributed by atoms with Crippen LogP contribution in [0.3, 0.4) is 0 Å². The van der Waals surface area contributed by atoms with Crippen LogP contribution in [0.4, 0.5) is 0 Å². The normalized spacial score (nSPS) is 21.3. The van der Waals surface area contributed by atoms with Crippen molar-refractivity contribution in [2.24, 2.45) is 0 Å². The van der Waals surface area contributed by atoms with Gasteiger partial charge in [0.15, 0.2) is 0 Å². The Labute approximate surface area is 106 Å². The lowest BCUT2D eigenvalue weighted by molar-refractivity contribution is 0.195. The van der Waals surface area contributed by atoms with Crippen LogP contribution < -0.4 is 5.32 Å². The molecule has 0 saturated carbocycles. The summed E-state index contributed by atoms with van der Waals surface area (Å²) in [5.74, 6) is 0. The second-order valence-corrected chi connectivity index (χ2v) is 5.36. The Kier molecular flexibility index (Phi) is 4.38. The minimum absolute atomic E-state index is 0.681. The van der Waals surface area contributed by atoms with Crippen molar-refractivity contribution in [3.05, 3.63) is 34.3 Å². The number of hydrogen-bond donors (Lipinski definition) is 1. The SMILES string of the molecule is CN(Cc1ccccc1Br)C1CCCNC1. The van der Waals surface area contributed by atoms with Crippen molar-refractivity contribution < 1.29 is 0 Å². The molecule has 1 saturated heterocycles. The van der Waals surface area contributed by atoms with E-state index in [2.05, 4.69) is 57.5 Å². The van der Waals surface area contributed by atoms with E-state index in [1.54, 1.807) is 0 Å². The lowest BCUT2D eigenvalue weighted by Gasteiger charge is -2.31. The highest BCUT2D eigenvalue weighted by Crippen LogP contribution is 2.19. The monoisotopic (exact) mass is 282 g/mol. The Balaban J connectivity index is 1.96. The van der Waals surface area contributed by atoms with Crippen LogP contribution in [0.25, 0.3) is 0 Å².